The van der Waals surface area contributed by atoms with Gasteiger partial charge in [-0.1, -0.05) is 0 Å². The molecule has 4 nitrogen and oxygen atoms in total. The van der Waals surface area contributed by atoms with Crippen LogP contribution < -0.4 is 0 Å². The van der Waals surface area contributed by atoms with Crippen LogP contribution in [0.3, 0.4) is 0 Å². The van der Waals surface area contributed by atoms with Crippen LogP contribution in [-0.2, 0) is 0 Å². The molecule has 0 aromatic carbocycles. The fourth-order valence-electron chi connectivity index (χ4n) is 0.686. The Morgan fingerprint density at radius 1 is 1.90 bits per heavy atom. The Bertz CT molecular complexity index is 264. The third-order valence-electron chi connectivity index (χ3n) is 1.15. The maximum atomic E-state index is 10.2. The van der Waals surface area contributed by atoms with E-state index >= 15 is 0 Å². The first kappa shape index (κ1) is 6.67. The second kappa shape index (κ2) is 2.43. The van der Waals surface area contributed by atoms with Crippen molar-refractivity contribution in [2.75, 3.05) is 0 Å². The zero-order valence-corrected chi connectivity index (χ0v) is 5.61. The summed E-state index contributed by atoms with van der Waals surface area (Å²) < 4.78 is 1.45. The normalized spacial score (nSPS) is 9.30. The van der Waals surface area contributed by atoms with Gasteiger partial charge >= 0.3 is 0 Å². The lowest BCUT2D eigenvalue weighted by molar-refractivity contribution is 0.111. The van der Waals surface area contributed by atoms with Gasteiger partial charge in [-0.05, 0) is 6.92 Å². The molecule has 0 atom stereocenters. The SMILES string of the molecule is C=Nn1cc(C=O)nc1C. The molecular weight excluding hydrogens is 130 g/mol. The van der Waals surface area contributed by atoms with Crippen LogP contribution in [0, 0.1) is 6.92 Å². The molecule has 10 heavy (non-hydrogen) atoms. The number of carbonyl (C=O) groups excluding carboxylic acids is 1. The zero-order valence-electron chi connectivity index (χ0n) is 5.61. The van der Waals surface area contributed by atoms with Crippen LogP contribution in [-0.4, -0.2) is 22.7 Å². The van der Waals surface area contributed by atoms with E-state index in [2.05, 4.69) is 16.8 Å². The monoisotopic (exact) mass is 137 g/mol. The van der Waals surface area contributed by atoms with Crippen molar-refractivity contribution in [3.05, 3.63) is 17.7 Å². The molecule has 0 aliphatic rings. The van der Waals surface area contributed by atoms with Crippen molar-refractivity contribution in [1.82, 2.24) is 9.66 Å². The molecule has 0 fully saturated rings. The van der Waals surface area contributed by atoms with Crippen LogP contribution in [0.1, 0.15) is 16.3 Å². The zero-order chi connectivity index (χ0) is 7.56. The van der Waals surface area contributed by atoms with Crippen molar-refractivity contribution < 1.29 is 4.79 Å². The summed E-state index contributed by atoms with van der Waals surface area (Å²) in [4.78, 5) is 14.0. The first-order valence-electron chi connectivity index (χ1n) is 2.76. The lowest BCUT2D eigenvalue weighted by Gasteiger charge is -1.88. The van der Waals surface area contributed by atoms with Gasteiger partial charge in [0.05, 0.1) is 6.20 Å². The molecule has 0 saturated heterocycles. The summed E-state index contributed by atoms with van der Waals surface area (Å²) in [5, 5.41) is 3.58. The smallest absolute Gasteiger partial charge is 0.170 e. The summed E-state index contributed by atoms with van der Waals surface area (Å²) in [7, 11) is 0. The minimum atomic E-state index is 0.380. The summed E-state index contributed by atoms with van der Waals surface area (Å²) >= 11 is 0. The molecule has 1 heterocycles. The van der Waals surface area contributed by atoms with Gasteiger partial charge in [-0.3, -0.25) is 4.79 Å². The maximum absolute atomic E-state index is 10.2. The molecule has 0 spiro atoms. The Hall–Kier alpha value is -1.45. The van der Waals surface area contributed by atoms with Crippen LogP contribution in [0.5, 0.6) is 0 Å². The van der Waals surface area contributed by atoms with E-state index in [1.165, 1.54) is 10.9 Å². The lowest BCUT2D eigenvalue weighted by Crippen LogP contribution is -1.86. The molecule has 0 radical (unpaired) electrons. The predicted molar refractivity (Wildman–Crippen MR) is 37.3 cm³/mol. The quantitative estimate of drug-likeness (QED) is 0.439. The molecule has 0 aliphatic heterocycles. The molecule has 0 aliphatic carbocycles. The van der Waals surface area contributed by atoms with Crippen molar-refractivity contribution in [3.63, 3.8) is 0 Å². The fourth-order valence-corrected chi connectivity index (χ4v) is 0.686. The Morgan fingerprint density at radius 2 is 2.60 bits per heavy atom. The fraction of sp³-hybridized carbons (Fsp3) is 0.167. The molecular formula is C6H7N3O. The molecule has 0 N–H and O–H groups in total. The van der Waals surface area contributed by atoms with Gasteiger partial charge in [-0.15, -0.1) is 0 Å². The molecule has 4 heteroatoms. The van der Waals surface area contributed by atoms with E-state index in [0.29, 0.717) is 17.8 Å². The first-order chi connectivity index (χ1) is 4.77. The highest BCUT2D eigenvalue weighted by molar-refractivity contribution is 5.71. The average Bonchev–Trinajstić information content (AvgIpc) is 2.30. The molecule has 0 unspecified atom stereocenters. The van der Waals surface area contributed by atoms with Gasteiger partial charge in [-0.25, -0.2) is 9.66 Å². The second-order valence-electron chi connectivity index (χ2n) is 1.82. The van der Waals surface area contributed by atoms with E-state index in [1.807, 2.05) is 0 Å². The Morgan fingerprint density at radius 3 is 2.90 bits per heavy atom. The standard InChI is InChI=1S/C6H7N3O/c1-5-8-6(4-10)3-9(5)7-2/h3-4H,2H2,1H3. The molecule has 1 rings (SSSR count). The van der Waals surface area contributed by atoms with E-state index in [9.17, 15) is 4.79 Å². The first-order valence-corrected chi connectivity index (χ1v) is 2.76. The number of hydrogen-bond donors (Lipinski definition) is 0. The number of aldehydes is 1. The van der Waals surface area contributed by atoms with Crippen LogP contribution >= 0.6 is 0 Å². The van der Waals surface area contributed by atoms with Gasteiger partial charge in [0.1, 0.15) is 11.5 Å². The minimum absolute atomic E-state index is 0.380. The third kappa shape index (κ3) is 0.953. The topological polar surface area (TPSA) is 47.2 Å². The summed E-state index contributed by atoms with van der Waals surface area (Å²) in [6, 6.07) is 0. The van der Waals surface area contributed by atoms with Crippen molar-refractivity contribution in [1.29, 1.82) is 0 Å². The van der Waals surface area contributed by atoms with E-state index in [-0.39, 0.29) is 0 Å². The van der Waals surface area contributed by atoms with Gasteiger partial charge in [0, 0.05) is 6.72 Å². The number of hydrogen-bond acceptors (Lipinski definition) is 3. The second-order valence-corrected chi connectivity index (χ2v) is 1.82. The number of imidazole rings is 1. The van der Waals surface area contributed by atoms with Crippen molar-refractivity contribution in [2.45, 2.75) is 6.92 Å². The highest BCUT2D eigenvalue weighted by atomic mass is 16.1. The average molecular weight is 137 g/mol. The van der Waals surface area contributed by atoms with Gasteiger partial charge in [0.15, 0.2) is 6.29 Å². The molecule has 0 bridgehead atoms. The van der Waals surface area contributed by atoms with Crippen LogP contribution in [0.15, 0.2) is 11.3 Å². The summed E-state index contributed by atoms with van der Waals surface area (Å²) in [6.45, 7) is 5.05. The Balaban J connectivity index is 3.15. The predicted octanol–water partition coefficient (Wildman–Crippen LogP) is 0.468. The number of aryl methyl sites for hydroxylation is 1. The molecule has 1 aromatic rings. The van der Waals surface area contributed by atoms with Gasteiger partial charge in [0.2, 0.25) is 0 Å². The van der Waals surface area contributed by atoms with E-state index in [0.717, 1.165) is 0 Å². The summed E-state index contributed by atoms with van der Waals surface area (Å²) in [5.74, 6) is 0.664. The van der Waals surface area contributed by atoms with Crippen molar-refractivity contribution in [3.8, 4) is 0 Å². The van der Waals surface area contributed by atoms with Crippen LogP contribution in [0.25, 0.3) is 0 Å². The molecule has 0 amide bonds. The van der Waals surface area contributed by atoms with Gasteiger partial charge in [-0.2, -0.15) is 5.10 Å². The summed E-state index contributed by atoms with van der Waals surface area (Å²) in [5.41, 5.74) is 0.380. The molecule has 0 saturated carbocycles. The van der Waals surface area contributed by atoms with Crippen molar-refractivity contribution >= 4 is 13.0 Å². The van der Waals surface area contributed by atoms with Gasteiger partial charge in [0.25, 0.3) is 0 Å². The number of aromatic nitrogens is 2. The molecule has 52 valence electrons. The van der Waals surface area contributed by atoms with Crippen LogP contribution in [0.4, 0.5) is 0 Å². The summed E-state index contributed by atoms with van der Waals surface area (Å²) in [6.07, 6.45) is 2.20. The van der Waals surface area contributed by atoms with E-state index < -0.39 is 0 Å². The van der Waals surface area contributed by atoms with E-state index in [1.54, 1.807) is 6.92 Å². The lowest BCUT2D eigenvalue weighted by atomic mass is 10.5. The van der Waals surface area contributed by atoms with E-state index in [4.69, 9.17) is 0 Å². The minimum Gasteiger partial charge on any atom is -0.296 e. The Kier molecular flexibility index (Phi) is 1.62. The number of carbonyl (C=O) groups is 1. The van der Waals surface area contributed by atoms with Gasteiger partial charge < -0.3 is 0 Å². The molecule has 1 aromatic heterocycles. The largest absolute Gasteiger partial charge is 0.296 e. The third-order valence-corrected chi connectivity index (χ3v) is 1.15. The van der Waals surface area contributed by atoms with Crippen molar-refractivity contribution in [2.24, 2.45) is 5.10 Å². The highest BCUT2D eigenvalue weighted by Gasteiger charge is 1.98. The number of nitrogens with zero attached hydrogens (tertiary/aromatic N) is 3. The maximum Gasteiger partial charge on any atom is 0.170 e. The van der Waals surface area contributed by atoms with Crippen LogP contribution in [0.2, 0.25) is 0 Å². The highest BCUT2D eigenvalue weighted by Crippen LogP contribution is 1.97. The Labute approximate surface area is 58.2 Å². The number of rotatable bonds is 2.